The lowest BCUT2D eigenvalue weighted by Crippen LogP contribution is -2.53. The maximum Gasteiger partial charge on any atom is 0.505 e. The van der Waals surface area contributed by atoms with Gasteiger partial charge in [-0.1, -0.05) is 65.3 Å². The Labute approximate surface area is 269 Å². The van der Waals surface area contributed by atoms with Crippen LogP contribution in [0, 0.1) is 39.9 Å². The molecule has 0 aromatic rings. The molecule has 8 atom stereocenters. The van der Waals surface area contributed by atoms with Crippen LogP contribution >= 0.6 is 0 Å². The number of fused-ring (bicyclic) bond motifs is 5. The lowest BCUT2D eigenvalue weighted by molar-refractivity contribution is -0.112. The van der Waals surface area contributed by atoms with Gasteiger partial charge >= 0.3 is 6.16 Å². The first kappa shape index (κ1) is 35.7. The SMILES string of the molecule is COCOC(C)(C)CC=C[C@](C)(COC(=O)O)[C@H]1CCC2C3CC=C4CC(O[Si](C)(C)C(C)(C)C)CC[C@]4(C)C3CC[C@@]21C. The molecule has 0 aliphatic heterocycles. The van der Waals surface area contributed by atoms with E-state index in [4.69, 9.17) is 18.6 Å². The Morgan fingerprint density at radius 2 is 1.75 bits per heavy atom. The molecule has 3 fully saturated rings. The smallest absolute Gasteiger partial charge is 0.450 e. The minimum absolute atomic E-state index is 0.161. The number of ether oxygens (including phenoxy) is 3. The molecule has 1 N–H and O–H groups in total. The monoisotopic (exact) mass is 632 g/mol. The molecule has 0 amide bonds. The molecule has 6 nitrogen and oxygen atoms in total. The van der Waals surface area contributed by atoms with Gasteiger partial charge in [-0.05, 0) is 124 Å². The molecule has 0 aromatic heterocycles. The summed E-state index contributed by atoms with van der Waals surface area (Å²) in [6.45, 7) is 23.7. The molecule has 0 aromatic carbocycles. The summed E-state index contributed by atoms with van der Waals surface area (Å²) >= 11 is 0. The summed E-state index contributed by atoms with van der Waals surface area (Å²) in [5, 5.41) is 9.72. The van der Waals surface area contributed by atoms with Crippen molar-refractivity contribution in [2.45, 2.75) is 143 Å². The number of hydrogen-bond acceptors (Lipinski definition) is 5. The van der Waals surface area contributed by atoms with E-state index in [2.05, 4.69) is 86.7 Å². The lowest BCUT2D eigenvalue weighted by Gasteiger charge is -2.59. The molecule has 4 rings (SSSR count). The number of carboxylic acid groups (broad SMARTS) is 1. The van der Waals surface area contributed by atoms with E-state index in [9.17, 15) is 9.90 Å². The molecule has 44 heavy (non-hydrogen) atoms. The molecular formula is C37H64O6Si. The van der Waals surface area contributed by atoms with Crippen LogP contribution in [0.15, 0.2) is 23.8 Å². The fourth-order valence-electron chi connectivity index (χ4n) is 9.78. The molecular weight excluding hydrogens is 568 g/mol. The van der Waals surface area contributed by atoms with E-state index in [-0.39, 0.29) is 40.3 Å². The maximum absolute atomic E-state index is 11.6. The minimum Gasteiger partial charge on any atom is -0.450 e. The molecule has 0 bridgehead atoms. The number of carbonyl (C=O) groups is 1. The lowest BCUT2D eigenvalue weighted by atomic mass is 9.46. The van der Waals surface area contributed by atoms with Gasteiger partial charge in [-0.2, -0.15) is 0 Å². The van der Waals surface area contributed by atoms with Gasteiger partial charge in [0.05, 0.1) is 5.60 Å². The quantitative estimate of drug-likeness (QED) is 0.106. The normalized spacial score (nSPS) is 35.8. The van der Waals surface area contributed by atoms with Crippen molar-refractivity contribution in [3.63, 3.8) is 0 Å². The van der Waals surface area contributed by atoms with Gasteiger partial charge in [0.25, 0.3) is 0 Å². The van der Waals surface area contributed by atoms with Crippen molar-refractivity contribution >= 4 is 14.5 Å². The number of hydrogen-bond donors (Lipinski definition) is 1. The van der Waals surface area contributed by atoms with Crippen LogP contribution in [-0.4, -0.2) is 51.8 Å². The first-order valence-electron chi connectivity index (χ1n) is 17.3. The third kappa shape index (κ3) is 7.06. The fourth-order valence-corrected chi connectivity index (χ4v) is 11.2. The Kier molecular flexibility index (Phi) is 10.4. The Morgan fingerprint density at radius 1 is 1.05 bits per heavy atom. The molecule has 3 saturated carbocycles. The zero-order valence-corrected chi connectivity index (χ0v) is 30.9. The van der Waals surface area contributed by atoms with Gasteiger partial charge in [0, 0.05) is 18.6 Å². The third-order valence-electron chi connectivity index (χ3n) is 13.3. The van der Waals surface area contributed by atoms with Gasteiger partial charge < -0.3 is 23.7 Å². The summed E-state index contributed by atoms with van der Waals surface area (Å²) in [6, 6.07) is 0. The van der Waals surface area contributed by atoms with Crippen LogP contribution in [0.1, 0.15) is 113 Å². The molecule has 0 heterocycles. The summed E-state index contributed by atoms with van der Waals surface area (Å²) in [4.78, 5) is 11.6. The van der Waals surface area contributed by atoms with E-state index in [1.165, 1.54) is 38.5 Å². The van der Waals surface area contributed by atoms with E-state index in [1.807, 2.05) is 0 Å². The predicted octanol–water partition coefficient (Wildman–Crippen LogP) is 10.0. The number of rotatable bonds is 11. The molecule has 0 radical (unpaired) electrons. The first-order valence-corrected chi connectivity index (χ1v) is 20.2. The van der Waals surface area contributed by atoms with Crippen LogP contribution in [0.5, 0.6) is 0 Å². The third-order valence-corrected chi connectivity index (χ3v) is 17.8. The van der Waals surface area contributed by atoms with E-state index < -0.39 is 14.5 Å². The largest absolute Gasteiger partial charge is 0.505 e. The molecule has 0 saturated heterocycles. The highest BCUT2D eigenvalue weighted by atomic mass is 28.4. The number of methoxy groups -OCH3 is 1. The maximum atomic E-state index is 11.6. The predicted molar refractivity (Wildman–Crippen MR) is 180 cm³/mol. The number of allylic oxidation sites excluding steroid dienone is 1. The van der Waals surface area contributed by atoms with Gasteiger partial charge in [-0.15, -0.1) is 0 Å². The van der Waals surface area contributed by atoms with Gasteiger partial charge in [-0.25, -0.2) is 4.79 Å². The van der Waals surface area contributed by atoms with Crippen LogP contribution in [0.4, 0.5) is 4.79 Å². The molecule has 252 valence electrons. The highest BCUT2D eigenvalue weighted by molar-refractivity contribution is 6.74. The van der Waals surface area contributed by atoms with Crippen LogP contribution < -0.4 is 0 Å². The van der Waals surface area contributed by atoms with E-state index >= 15 is 0 Å². The standard InChI is InChI=1S/C37H64O6Si/c1-33(2,3)44(10,11)43-27-17-21-36(7)26(23-27)13-14-28-29-15-16-31(37(29,8)22-18-30(28)36)35(6,24-41-32(38)39)20-12-19-34(4,5)42-25-40-9/h12-13,20,27-31H,14-19,21-25H2,1-11H3,(H,38,39)/t27?,28?,29?,30?,31-,35-,36+,37+/m1/s1. The fraction of sp³-hybridized carbons (Fsp3) is 0.865. The Balaban J connectivity index is 1.53. The van der Waals surface area contributed by atoms with Gasteiger partial charge in [-0.3, -0.25) is 0 Å². The van der Waals surface area contributed by atoms with Crippen molar-refractivity contribution in [1.82, 2.24) is 0 Å². The van der Waals surface area contributed by atoms with Crippen molar-refractivity contribution < 1.29 is 28.5 Å². The summed E-state index contributed by atoms with van der Waals surface area (Å²) in [7, 11) is -0.158. The Hall–Kier alpha value is -1.15. The van der Waals surface area contributed by atoms with Crippen molar-refractivity contribution in [3.05, 3.63) is 23.8 Å². The second kappa shape index (κ2) is 12.8. The second-order valence-electron chi connectivity index (χ2n) is 17.7. The first-order chi connectivity index (χ1) is 20.3. The Morgan fingerprint density at radius 3 is 2.39 bits per heavy atom. The molecule has 7 heteroatoms. The highest BCUT2D eigenvalue weighted by Gasteiger charge is 2.61. The van der Waals surface area contributed by atoms with Crippen LogP contribution in [-0.2, 0) is 18.6 Å². The molecule has 4 unspecified atom stereocenters. The molecule has 4 aliphatic carbocycles. The summed E-state index contributed by atoms with van der Waals surface area (Å²) in [5.74, 6) is 2.44. The highest BCUT2D eigenvalue weighted by Crippen LogP contribution is 2.68. The van der Waals surface area contributed by atoms with Gasteiger partial charge in [0.1, 0.15) is 13.4 Å². The summed E-state index contributed by atoms with van der Waals surface area (Å²) in [5.41, 5.74) is 1.38. The zero-order valence-electron chi connectivity index (χ0n) is 29.9. The Bertz CT molecular complexity index is 1090. The van der Waals surface area contributed by atoms with Crippen LogP contribution in [0.2, 0.25) is 18.1 Å². The van der Waals surface area contributed by atoms with Gasteiger partial charge in [0.2, 0.25) is 0 Å². The van der Waals surface area contributed by atoms with E-state index in [1.54, 1.807) is 12.7 Å². The van der Waals surface area contributed by atoms with E-state index in [0.29, 0.717) is 23.9 Å². The van der Waals surface area contributed by atoms with Crippen molar-refractivity contribution in [2.24, 2.45) is 39.9 Å². The average Bonchev–Trinajstić information content (AvgIpc) is 3.28. The average molecular weight is 633 g/mol. The van der Waals surface area contributed by atoms with Crippen LogP contribution in [0.25, 0.3) is 0 Å². The zero-order chi connectivity index (χ0) is 32.8. The van der Waals surface area contributed by atoms with Crippen molar-refractivity contribution in [2.75, 3.05) is 20.5 Å². The van der Waals surface area contributed by atoms with Crippen LogP contribution in [0.3, 0.4) is 0 Å². The van der Waals surface area contributed by atoms with Crippen molar-refractivity contribution in [3.8, 4) is 0 Å². The topological polar surface area (TPSA) is 74.2 Å². The van der Waals surface area contributed by atoms with Crippen molar-refractivity contribution in [1.29, 1.82) is 0 Å². The molecule has 4 aliphatic rings. The summed E-state index contributed by atoms with van der Waals surface area (Å²) < 4.78 is 23.3. The second-order valence-corrected chi connectivity index (χ2v) is 22.4. The summed E-state index contributed by atoms with van der Waals surface area (Å²) in [6.07, 6.45) is 16.5. The van der Waals surface area contributed by atoms with E-state index in [0.717, 1.165) is 25.2 Å². The van der Waals surface area contributed by atoms with Gasteiger partial charge in [0.15, 0.2) is 8.32 Å². The molecule has 0 spiro atoms. The minimum atomic E-state index is -1.79.